The molecule has 3 aromatic rings. The Labute approximate surface area is 165 Å². The van der Waals surface area contributed by atoms with Crippen LogP contribution in [0, 0.1) is 13.8 Å². The summed E-state index contributed by atoms with van der Waals surface area (Å²) in [7, 11) is 0. The highest BCUT2D eigenvalue weighted by Gasteiger charge is 2.10. The molecule has 0 saturated carbocycles. The van der Waals surface area contributed by atoms with Gasteiger partial charge in [0.05, 0.1) is 15.5 Å². The standard InChI is InChI=1S/C20H19N3O2S2/c1-12-10-11-26-18(12)20(25)23-22-14(3)15-5-7-16(8-6-15)21-19(24)17-9-4-13(2)27-17/h4-11H,1-3H3,(H,21,24)(H,23,25)/b22-14-. The first-order valence-electron chi connectivity index (χ1n) is 8.31. The van der Waals surface area contributed by atoms with Crippen LogP contribution in [0.4, 0.5) is 5.69 Å². The van der Waals surface area contributed by atoms with Crippen LogP contribution in [0.5, 0.6) is 0 Å². The number of nitrogens with one attached hydrogen (secondary N) is 2. The van der Waals surface area contributed by atoms with E-state index in [0.29, 0.717) is 21.2 Å². The third-order valence-corrected chi connectivity index (χ3v) is 5.93. The molecule has 0 unspecified atom stereocenters. The van der Waals surface area contributed by atoms with E-state index >= 15 is 0 Å². The molecule has 27 heavy (non-hydrogen) atoms. The average molecular weight is 398 g/mol. The zero-order chi connectivity index (χ0) is 19.4. The summed E-state index contributed by atoms with van der Waals surface area (Å²) in [5, 5.41) is 8.93. The lowest BCUT2D eigenvalue weighted by Crippen LogP contribution is -2.19. The maximum Gasteiger partial charge on any atom is 0.281 e. The Bertz CT molecular complexity index is 1000. The number of hydrazone groups is 1. The topological polar surface area (TPSA) is 70.6 Å². The molecule has 0 atom stereocenters. The van der Waals surface area contributed by atoms with Crippen molar-refractivity contribution in [1.29, 1.82) is 0 Å². The third kappa shape index (κ3) is 4.69. The van der Waals surface area contributed by atoms with Gasteiger partial charge in [0, 0.05) is 10.6 Å². The molecule has 138 valence electrons. The largest absolute Gasteiger partial charge is 0.321 e. The minimum Gasteiger partial charge on any atom is -0.321 e. The van der Waals surface area contributed by atoms with Gasteiger partial charge in [-0.15, -0.1) is 22.7 Å². The molecule has 0 bridgehead atoms. The molecule has 0 aliphatic carbocycles. The molecule has 5 nitrogen and oxygen atoms in total. The number of benzene rings is 1. The second kappa shape index (κ2) is 8.28. The van der Waals surface area contributed by atoms with E-state index in [1.807, 2.05) is 68.6 Å². The first-order chi connectivity index (χ1) is 12.9. The van der Waals surface area contributed by atoms with Gasteiger partial charge in [0.25, 0.3) is 11.8 Å². The van der Waals surface area contributed by atoms with Crippen molar-refractivity contribution in [2.24, 2.45) is 5.10 Å². The Hall–Kier alpha value is -2.77. The number of hydrogen-bond acceptors (Lipinski definition) is 5. The number of nitrogens with zero attached hydrogens (tertiary/aromatic N) is 1. The van der Waals surface area contributed by atoms with Crippen LogP contribution in [0.25, 0.3) is 0 Å². The Balaban J connectivity index is 1.63. The lowest BCUT2D eigenvalue weighted by molar-refractivity contribution is 0.0957. The fraction of sp³-hybridized carbons (Fsp3) is 0.150. The summed E-state index contributed by atoms with van der Waals surface area (Å²) in [5.41, 5.74) is 5.78. The molecule has 3 rings (SSSR count). The summed E-state index contributed by atoms with van der Waals surface area (Å²) in [6, 6.07) is 13.0. The van der Waals surface area contributed by atoms with Crippen LogP contribution in [0.15, 0.2) is 52.9 Å². The predicted octanol–water partition coefficient (Wildman–Crippen LogP) is 4.83. The zero-order valence-corrected chi connectivity index (χ0v) is 16.8. The highest BCUT2D eigenvalue weighted by molar-refractivity contribution is 7.14. The van der Waals surface area contributed by atoms with E-state index < -0.39 is 0 Å². The number of aryl methyl sites for hydroxylation is 2. The van der Waals surface area contributed by atoms with Crippen molar-refractivity contribution in [1.82, 2.24) is 5.43 Å². The highest BCUT2D eigenvalue weighted by Crippen LogP contribution is 2.18. The number of rotatable bonds is 5. The van der Waals surface area contributed by atoms with E-state index in [9.17, 15) is 9.59 Å². The normalized spacial score (nSPS) is 11.3. The average Bonchev–Trinajstić information content (AvgIpc) is 3.28. The second-order valence-electron chi connectivity index (χ2n) is 6.01. The maximum absolute atomic E-state index is 12.2. The quantitative estimate of drug-likeness (QED) is 0.478. The molecule has 1 aromatic carbocycles. The van der Waals surface area contributed by atoms with Crippen molar-refractivity contribution in [2.45, 2.75) is 20.8 Å². The Morgan fingerprint density at radius 3 is 2.30 bits per heavy atom. The van der Waals surface area contributed by atoms with Gasteiger partial charge in [-0.2, -0.15) is 5.10 Å². The lowest BCUT2D eigenvalue weighted by Gasteiger charge is -2.06. The molecule has 7 heteroatoms. The Morgan fingerprint density at radius 1 is 0.963 bits per heavy atom. The zero-order valence-electron chi connectivity index (χ0n) is 15.2. The summed E-state index contributed by atoms with van der Waals surface area (Å²) in [4.78, 5) is 26.8. The number of amides is 2. The van der Waals surface area contributed by atoms with Crippen molar-refractivity contribution >= 4 is 45.9 Å². The maximum atomic E-state index is 12.2. The van der Waals surface area contributed by atoms with Gasteiger partial charge in [-0.1, -0.05) is 12.1 Å². The molecule has 0 radical (unpaired) electrons. The number of hydrogen-bond donors (Lipinski definition) is 2. The van der Waals surface area contributed by atoms with Crippen molar-refractivity contribution in [3.8, 4) is 0 Å². The first-order valence-corrected chi connectivity index (χ1v) is 10.0. The van der Waals surface area contributed by atoms with Crippen LogP contribution in [-0.2, 0) is 0 Å². The van der Waals surface area contributed by atoms with Crippen molar-refractivity contribution in [3.05, 3.63) is 73.6 Å². The second-order valence-corrected chi connectivity index (χ2v) is 8.22. The van der Waals surface area contributed by atoms with Gasteiger partial charge < -0.3 is 5.32 Å². The lowest BCUT2D eigenvalue weighted by atomic mass is 10.1. The van der Waals surface area contributed by atoms with Crippen molar-refractivity contribution in [3.63, 3.8) is 0 Å². The molecule has 2 aromatic heterocycles. The van der Waals surface area contributed by atoms with Crippen molar-refractivity contribution in [2.75, 3.05) is 5.32 Å². The monoisotopic (exact) mass is 397 g/mol. The van der Waals surface area contributed by atoms with Crippen LogP contribution in [0.1, 0.15) is 42.3 Å². The van der Waals surface area contributed by atoms with Gasteiger partial charge >= 0.3 is 0 Å². The van der Waals surface area contributed by atoms with Gasteiger partial charge in [-0.3, -0.25) is 9.59 Å². The van der Waals surface area contributed by atoms with Gasteiger partial charge in [0.15, 0.2) is 0 Å². The smallest absolute Gasteiger partial charge is 0.281 e. The molecule has 0 spiro atoms. The molecular formula is C20H19N3O2S2. The first kappa shape index (κ1) is 19.0. The molecule has 2 N–H and O–H groups in total. The van der Waals surface area contributed by atoms with Gasteiger partial charge in [0.2, 0.25) is 0 Å². The predicted molar refractivity (Wildman–Crippen MR) is 112 cm³/mol. The SMILES string of the molecule is C/C(=N/NC(=O)c1sccc1C)c1ccc(NC(=O)c2ccc(C)s2)cc1. The summed E-state index contributed by atoms with van der Waals surface area (Å²) in [5.74, 6) is -0.332. The fourth-order valence-electron chi connectivity index (χ4n) is 2.40. The molecule has 0 saturated heterocycles. The molecule has 2 amide bonds. The van der Waals surface area contributed by atoms with E-state index in [4.69, 9.17) is 0 Å². The summed E-state index contributed by atoms with van der Waals surface area (Å²) >= 11 is 2.85. The minimum atomic E-state index is -0.211. The minimum absolute atomic E-state index is 0.121. The Kier molecular flexibility index (Phi) is 5.83. The summed E-state index contributed by atoms with van der Waals surface area (Å²) in [6.07, 6.45) is 0. The van der Waals surface area contributed by atoms with Gasteiger partial charge in [0.1, 0.15) is 0 Å². The number of carbonyl (C=O) groups excluding carboxylic acids is 2. The van der Waals surface area contributed by atoms with Crippen molar-refractivity contribution < 1.29 is 9.59 Å². The van der Waals surface area contributed by atoms with E-state index in [0.717, 1.165) is 16.0 Å². The van der Waals surface area contributed by atoms with E-state index in [1.165, 1.54) is 22.7 Å². The summed E-state index contributed by atoms with van der Waals surface area (Å²) in [6.45, 7) is 5.69. The number of anilines is 1. The van der Waals surface area contributed by atoms with Crippen LogP contribution in [0.3, 0.4) is 0 Å². The van der Waals surface area contributed by atoms with E-state index in [2.05, 4.69) is 15.8 Å². The third-order valence-electron chi connectivity index (χ3n) is 3.92. The van der Waals surface area contributed by atoms with Crippen LogP contribution in [-0.4, -0.2) is 17.5 Å². The Morgan fingerprint density at radius 2 is 1.70 bits per heavy atom. The number of thiophene rings is 2. The molecular weight excluding hydrogens is 378 g/mol. The van der Waals surface area contributed by atoms with E-state index in [-0.39, 0.29) is 11.8 Å². The van der Waals surface area contributed by atoms with Gasteiger partial charge in [-0.05, 0) is 67.6 Å². The van der Waals surface area contributed by atoms with Crippen LogP contribution in [0.2, 0.25) is 0 Å². The molecule has 0 aliphatic heterocycles. The van der Waals surface area contributed by atoms with Gasteiger partial charge in [-0.25, -0.2) is 5.43 Å². The molecule has 2 heterocycles. The van der Waals surface area contributed by atoms with Crippen LogP contribution >= 0.6 is 22.7 Å². The number of carbonyl (C=O) groups is 2. The van der Waals surface area contributed by atoms with E-state index in [1.54, 1.807) is 0 Å². The van der Waals surface area contributed by atoms with Crippen LogP contribution < -0.4 is 10.7 Å². The fourth-order valence-corrected chi connectivity index (χ4v) is 3.98. The molecule has 0 fully saturated rings. The highest BCUT2D eigenvalue weighted by atomic mass is 32.1. The summed E-state index contributed by atoms with van der Waals surface area (Å²) < 4.78 is 0. The molecule has 0 aliphatic rings.